The number of benzene rings is 1. The molecule has 0 fully saturated rings. The molecule has 0 saturated heterocycles. The molecule has 3 aromatic heterocycles. The Bertz CT molecular complexity index is 1360. The van der Waals surface area contributed by atoms with Gasteiger partial charge in [-0.3, -0.25) is 23.7 Å². The van der Waals surface area contributed by atoms with E-state index in [1.165, 1.54) is 4.57 Å². The number of para-hydroxylation sites is 1. The van der Waals surface area contributed by atoms with E-state index in [1.807, 2.05) is 6.07 Å². The number of pyridine rings is 1. The quantitative estimate of drug-likeness (QED) is 0.303. The molecule has 10 heteroatoms. The second-order valence-electron chi connectivity index (χ2n) is 7.01. The second kappa shape index (κ2) is 9.38. The van der Waals surface area contributed by atoms with Gasteiger partial charge in [0.15, 0.2) is 0 Å². The molecule has 0 N–H and O–H groups in total. The van der Waals surface area contributed by atoms with E-state index in [-0.39, 0.29) is 25.3 Å². The molecule has 3 heterocycles. The minimum Gasteiger partial charge on any atom is -0.464 e. The van der Waals surface area contributed by atoms with Gasteiger partial charge in [-0.2, -0.15) is 4.98 Å². The molecule has 0 amide bonds. The van der Waals surface area contributed by atoms with Crippen molar-refractivity contribution in [3.05, 3.63) is 75.5 Å². The van der Waals surface area contributed by atoms with Crippen LogP contribution < -0.4 is 11.2 Å². The summed E-state index contributed by atoms with van der Waals surface area (Å²) in [6.07, 6.45) is 4.21. The van der Waals surface area contributed by atoms with E-state index < -0.39 is 11.7 Å². The first-order valence-corrected chi connectivity index (χ1v) is 10.2. The average molecular weight is 435 g/mol. The summed E-state index contributed by atoms with van der Waals surface area (Å²) in [7, 11) is 0. The maximum atomic E-state index is 12.7. The van der Waals surface area contributed by atoms with Crippen LogP contribution in [-0.4, -0.2) is 36.8 Å². The van der Waals surface area contributed by atoms with Crippen molar-refractivity contribution in [1.29, 1.82) is 0 Å². The molecule has 10 nitrogen and oxygen atoms in total. The standard InChI is InChI=1S/C22H21N5O5/c1-2-26-21(29)16-8-3-4-9-17(16)27(22(26)30)14-19(28)31-12-6-10-18-24-20(25-32-18)15-7-5-11-23-13-15/h3-5,7-9,11,13H,2,6,10,12,14H2,1H3. The fourth-order valence-electron chi connectivity index (χ4n) is 3.36. The van der Waals surface area contributed by atoms with E-state index in [1.54, 1.807) is 49.6 Å². The molecule has 164 valence electrons. The number of ether oxygens (including phenoxy) is 1. The fourth-order valence-corrected chi connectivity index (χ4v) is 3.36. The zero-order valence-electron chi connectivity index (χ0n) is 17.4. The van der Waals surface area contributed by atoms with E-state index in [2.05, 4.69) is 15.1 Å². The van der Waals surface area contributed by atoms with Crippen LogP contribution in [0.25, 0.3) is 22.3 Å². The van der Waals surface area contributed by atoms with E-state index in [0.29, 0.717) is 35.5 Å². The SMILES string of the molecule is CCn1c(=O)c2ccccc2n(CC(=O)OCCCc2nc(-c3cccnc3)no2)c1=O. The van der Waals surface area contributed by atoms with E-state index >= 15 is 0 Å². The summed E-state index contributed by atoms with van der Waals surface area (Å²) in [5.41, 5.74) is 0.239. The van der Waals surface area contributed by atoms with Crippen LogP contribution in [0.2, 0.25) is 0 Å². The van der Waals surface area contributed by atoms with Crippen LogP contribution in [0.3, 0.4) is 0 Å². The third kappa shape index (κ3) is 4.34. The van der Waals surface area contributed by atoms with Gasteiger partial charge in [-0.15, -0.1) is 0 Å². The zero-order valence-corrected chi connectivity index (χ0v) is 17.4. The maximum absolute atomic E-state index is 12.7. The molecule has 32 heavy (non-hydrogen) atoms. The lowest BCUT2D eigenvalue weighted by Crippen LogP contribution is -2.40. The maximum Gasteiger partial charge on any atom is 0.332 e. The largest absolute Gasteiger partial charge is 0.464 e. The number of aryl methyl sites for hydroxylation is 1. The summed E-state index contributed by atoms with van der Waals surface area (Å²) in [5, 5.41) is 4.30. The third-order valence-corrected chi connectivity index (χ3v) is 4.92. The Balaban J connectivity index is 1.37. The molecule has 4 rings (SSSR count). The molecule has 1 aromatic carbocycles. The van der Waals surface area contributed by atoms with Gasteiger partial charge in [0.2, 0.25) is 11.7 Å². The molecule has 0 atom stereocenters. The van der Waals surface area contributed by atoms with Crippen LogP contribution in [0.15, 0.2) is 62.9 Å². The van der Waals surface area contributed by atoms with Crippen LogP contribution in [0.1, 0.15) is 19.2 Å². The highest BCUT2D eigenvalue weighted by Crippen LogP contribution is 2.14. The van der Waals surface area contributed by atoms with Crippen molar-refractivity contribution >= 4 is 16.9 Å². The number of fused-ring (bicyclic) bond motifs is 1. The van der Waals surface area contributed by atoms with Gasteiger partial charge in [-0.25, -0.2) is 4.79 Å². The smallest absolute Gasteiger partial charge is 0.332 e. The molecule has 0 radical (unpaired) electrons. The minimum absolute atomic E-state index is 0.129. The van der Waals surface area contributed by atoms with Gasteiger partial charge >= 0.3 is 11.7 Å². The normalized spacial score (nSPS) is 11.0. The number of carbonyl (C=O) groups is 1. The van der Waals surface area contributed by atoms with E-state index in [0.717, 1.165) is 10.1 Å². The Hall–Kier alpha value is -4.08. The Morgan fingerprint density at radius 1 is 1.12 bits per heavy atom. The number of esters is 1. The molecule has 0 bridgehead atoms. The summed E-state index contributed by atoms with van der Waals surface area (Å²) in [6, 6.07) is 10.3. The summed E-state index contributed by atoms with van der Waals surface area (Å²) in [5.74, 6) is 0.305. The first-order chi connectivity index (χ1) is 15.6. The minimum atomic E-state index is -0.569. The fraction of sp³-hybridized carbons (Fsp3) is 0.273. The van der Waals surface area contributed by atoms with Crippen molar-refractivity contribution in [2.45, 2.75) is 32.9 Å². The van der Waals surface area contributed by atoms with Crippen LogP contribution in [0.5, 0.6) is 0 Å². The summed E-state index contributed by atoms with van der Waals surface area (Å²) < 4.78 is 12.9. The average Bonchev–Trinajstić information content (AvgIpc) is 3.29. The van der Waals surface area contributed by atoms with Crippen molar-refractivity contribution in [3.63, 3.8) is 0 Å². The number of hydrogen-bond donors (Lipinski definition) is 0. The highest BCUT2D eigenvalue weighted by molar-refractivity contribution is 5.80. The number of aromatic nitrogens is 5. The number of carbonyl (C=O) groups excluding carboxylic acids is 1. The van der Waals surface area contributed by atoms with Gasteiger partial charge in [0.25, 0.3) is 5.56 Å². The Morgan fingerprint density at radius 3 is 2.75 bits per heavy atom. The van der Waals surface area contributed by atoms with Crippen molar-refractivity contribution in [1.82, 2.24) is 24.3 Å². The number of nitrogens with zero attached hydrogens (tertiary/aromatic N) is 5. The third-order valence-electron chi connectivity index (χ3n) is 4.92. The highest BCUT2D eigenvalue weighted by Gasteiger charge is 2.15. The monoisotopic (exact) mass is 435 g/mol. The van der Waals surface area contributed by atoms with Gasteiger partial charge in [-0.1, -0.05) is 17.3 Å². The number of rotatable bonds is 8. The summed E-state index contributed by atoms with van der Waals surface area (Å²) >= 11 is 0. The zero-order chi connectivity index (χ0) is 22.5. The van der Waals surface area contributed by atoms with Crippen LogP contribution in [0, 0.1) is 0 Å². The van der Waals surface area contributed by atoms with Crippen LogP contribution in [0.4, 0.5) is 0 Å². The van der Waals surface area contributed by atoms with E-state index in [4.69, 9.17) is 9.26 Å². The second-order valence-corrected chi connectivity index (χ2v) is 7.01. The van der Waals surface area contributed by atoms with Crippen molar-refractivity contribution in [2.75, 3.05) is 6.61 Å². The molecular formula is C22H21N5O5. The van der Waals surface area contributed by atoms with Gasteiger partial charge in [-0.05, 0) is 37.6 Å². The molecular weight excluding hydrogens is 414 g/mol. The molecule has 4 aromatic rings. The molecule has 0 spiro atoms. The first kappa shape index (κ1) is 21.2. The lowest BCUT2D eigenvalue weighted by atomic mass is 10.2. The predicted octanol–water partition coefficient (Wildman–Crippen LogP) is 1.80. The van der Waals surface area contributed by atoms with Gasteiger partial charge in [0.1, 0.15) is 6.54 Å². The van der Waals surface area contributed by atoms with Gasteiger partial charge in [0, 0.05) is 30.9 Å². The summed E-state index contributed by atoms with van der Waals surface area (Å²) in [4.78, 5) is 45.8. The van der Waals surface area contributed by atoms with Crippen molar-refractivity contribution < 1.29 is 14.1 Å². The number of hydrogen-bond acceptors (Lipinski definition) is 8. The van der Waals surface area contributed by atoms with Crippen LogP contribution >= 0.6 is 0 Å². The highest BCUT2D eigenvalue weighted by atomic mass is 16.5. The van der Waals surface area contributed by atoms with Crippen LogP contribution in [-0.2, 0) is 29.0 Å². The van der Waals surface area contributed by atoms with Gasteiger partial charge in [0.05, 0.1) is 17.5 Å². The lowest BCUT2D eigenvalue weighted by Gasteiger charge is -2.12. The van der Waals surface area contributed by atoms with Crippen molar-refractivity contribution in [2.24, 2.45) is 0 Å². The lowest BCUT2D eigenvalue weighted by molar-refractivity contribution is -0.144. The Kier molecular flexibility index (Phi) is 6.20. The van der Waals surface area contributed by atoms with Crippen molar-refractivity contribution in [3.8, 4) is 11.4 Å². The molecule has 0 aliphatic heterocycles. The van der Waals surface area contributed by atoms with E-state index in [9.17, 15) is 14.4 Å². The molecule has 0 aliphatic carbocycles. The summed E-state index contributed by atoms with van der Waals surface area (Å²) in [6.45, 7) is 1.76. The molecule has 0 saturated carbocycles. The predicted molar refractivity (Wildman–Crippen MR) is 115 cm³/mol. The van der Waals surface area contributed by atoms with Gasteiger partial charge < -0.3 is 9.26 Å². The first-order valence-electron chi connectivity index (χ1n) is 10.2. The Labute approximate surface area is 182 Å². The molecule has 0 aliphatic rings. The molecule has 0 unspecified atom stereocenters. The Morgan fingerprint density at radius 2 is 1.97 bits per heavy atom. The topological polar surface area (TPSA) is 122 Å².